The zero-order valence-electron chi connectivity index (χ0n) is 13.1. The van der Waals surface area contributed by atoms with Crippen LogP contribution in [0.15, 0.2) is 71.8 Å². The van der Waals surface area contributed by atoms with Crippen molar-refractivity contribution in [2.75, 3.05) is 0 Å². The van der Waals surface area contributed by atoms with Crippen LogP contribution in [0.2, 0.25) is 5.02 Å². The Labute approximate surface area is 154 Å². The molecule has 1 aromatic heterocycles. The number of H-pyrrole nitrogens is 1. The Morgan fingerprint density at radius 3 is 2.60 bits per heavy atom. The summed E-state index contributed by atoms with van der Waals surface area (Å²) in [6, 6.07) is 21.7. The number of fused-ring (bicyclic) bond motifs is 1. The second-order valence-corrected chi connectivity index (χ2v) is 6.31. The molecule has 0 atom stereocenters. The van der Waals surface area contributed by atoms with Crippen LogP contribution in [-0.2, 0) is 0 Å². The predicted molar refractivity (Wildman–Crippen MR) is 105 cm³/mol. The number of benzene rings is 3. The monoisotopic (exact) mass is 364 g/mol. The lowest BCUT2D eigenvalue weighted by Gasteiger charge is -2.03. The van der Waals surface area contributed by atoms with Gasteiger partial charge in [0.2, 0.25) is 4.77 Å². The van der Waals surface area contributed by atoms with Crippen molar-refractivity contribution in [3.8, 4) is 11.4 Å². The van der Waals surface area contributed by atoms with Gasteiger partial charge < -0.3 is 0 Å². The van der Waals surface area contributed by atoms with Crippen molar-refractivity contribution in [2.45, 2.75) is 0 Å². The Morgan fingerprint density at radius 1 is 1.00 bits per heavy atom. The molecule has 122 valence electrons. The molecule has 3 aromatic carbocycles. The minimum absolute atomic E-state index is 0.432. The van der Waals surface area contributed by atoms with E-state index in [4.69, 9.17) is 23.8 Å². The van der Waals surface area contributed by atoms with E-state index in [0.717, 1.165) is 16.5 Å². The number of halogens is 1. The molecule has 0 aliphatic rings. The first-order chi connectivity index (χ1) is 12.2. The van der Waals surface area contributed by atoms with Crippen molar-refractivity contribution in [3.05, 3.63) is 82.1 Å². The van der Waals surface area contributed by atoms with Crippen molar-refractivity contribution < 1.29 is 0 Å². The Balaban J connectivity index is 1.78. The van der Waals surface area contributed by atoms with Gasteiger partial charge >= 0.3 is 0 Å². The van der Waals surface area contributed by atoms with Crippen LogP contribution in [-0.4, -0.2) is 21.1 Å². The average molecular weight is 365 g/mol. The highest BCUT2D eigenvalue weighted by Crippen LogP contribution is 2.21. The van der Waals surface area contributed by atoms with Crippen LogP contribution in [0, 0.1) is 4.77 Å². The molecule has 0 spiro atoms. The fourth-order valence-corrected chi connectivity index (χ4v) is 2.97. The van der Waals surface area contributed by atoms with Gasteiger partial charge in [-0.2, -0.15) is 14.9 Å². The van der Waals surface area contributed by atoms with Crippen LogP contribution in [0.4, 0.5) is 0 Å². The van der Waals surface area contributed by atoms with E-state index in [9.17, 15) is 0 Å². The molecule has 0 aliphatic heterocycles. The summed E-state index contributed by atoms with van der Waals surface area (Å²) >= 11 is 11.3. The van der Waals surface area contributed by atoms with Gasteiger partial charge in [0.1, 0.15) is 0 Å². The molecule has 0 saturated carbocycles. The molecule has 0 saturated heterocycles. The molecule has 0 unspecified atom stereocenters. The Hall–Kier alpha value is -2.76. The van der Waals surface area contributed by atoms with Crippen LogP contribution in [0.5, 0.6) is 0 Å². The molecule has 1 N–H and O–H groups in total. The van der Waals surface area contributed by atoms with Crippen molar-refractivity contribution in [3.63, 3.8) is 0 Å². The van der Waals surface area contributed by atoms with Crippen LogP contribution in [0.25, 0.3) is 22.2 Å². The number of rotatable bonds is 3. The van der Waals surface area contributed by atoms with Gasteiger partial charge in [0.25, 0.3) is 0 Å². The van der Waals surface area contributed by atoms with E-state index < -0.39 is 0 Å². The third kappa shape index (κ3) is 3.12. The molecular weight excluding hydrogens is 352 g/mol. The lowest BCUT2D eigenvalue weighted by Crippen LogP contribution is -1.95. The van der Waals surface area contributed by atoms with Crippen LogP contribution >= 0.6 is 23.8 Å². The summed E-state index contributed by atoms with van der Waals surface area (Å²) in [6.07, 6.45) is 1.80. The molecule has 6 heteroatoms. The number of aromatic amines is 1. The van der Waals surface area contributed by atoms with E-state index >= 15 is 0 Å². The minimum Gasteiger partial charge on any atom is -0.250 e. The molecule has 4 rings (SSSR count). The van der Waals surface area contributed by atoms with Crippen molar-refractivity contribution in [1.82, 2.24) is 14.9 Å². The second kappa shape index (κ2) is 6.63. The van der Waals surface area contributed by atoms with Crippen molar-refractivity contribution >= 4 is 40.8 Å². The maximum atomic E-state index is 5.96. The molecule has 0 radical (unpaired) electrons. The highest BCUT2D eigenvalue weighted by Gasteiger charge is 2.08. The minimum atomic E-state index is 0.432. The summed E-state index contributed by atoms with van der Waals surface area (Å²) in [5.41, 5.74) is 1.90. The standard InChI is InChI=1S/C19H13ClN4S/c20-16-10-8-14(9-11-16)18-22-23-19(25)24(18)21-12-15-6-3-5-13-4-1-2-7-17(13)15/h1-12H,(H,23,25). The smallest absolute Gasteiger partial charge is 0.216 e. The molecule has 0 aliphatic carbocycles. The third-order valence-corrected chi connectivity index (χ3v) is 4.40. The van der Waals surface area contributed by atoms with Gasteiger partial charge in [-0.3, -0.25) is 0 Å². The first-order valence-electron chi connectivity index (χ1n) is 7.68. The number of hydrogen-bond donors (Lipinski definition) is 1. The Morgan fingerprint density at radius 2 is 1.76 bits per heavy atom. The lowest BCUT2D eigenvalue weighted by molar-refractivity contribution is 0.872. The lowest BCUT2D eigenvalue weighted by atomic mass is 10.1. The summed E-state index contributed by atoms with van der Waals surface area (Å²) in [5.74, 6) is 0.637. The molecule has 4 aromatic rings. The van der Waals surface area contributed by atoms with Crippen molar-refractivity contribution in [2.24, 2.45) is 5.10 Å². The second-order valence-electron chi connectivity index (χ2n) is 5.48. The van der Waals surface area contributed by atoms with Crippen LogP contribution in [0.1, 0.15) is 5.56 Å². The van der Waals surface area contributed by atoms with E-state index in [0.29, 0.717) is 15.6 Å². The first kappa shape index (κ1) is 15.7. The highest BCUT2D eigenvalue weighted by atomic mass is 35.5. The topological polar surface area (TPSA) is 46.0 Å². The number of aromatic nitrogens is 3. The fraction of sp³-hybridized carbons (Fsp3) is 0. The number of hydrogen-bond acceptors (Lipinski definition) is 3. The summed E-state index contributed by atoms with van der Waals surface area (Å²) in [4.78, 5) is 0. The van der Waals surface area contributed by atoms with E-state index in [2.05, 4.69) is 33.5 Å². The van der Waals surface area contributed by atoms with Gasteiger partial charge in [0.05, 0.1) is 6.21 Å². The Bertz CT molecular complexity index is 1120. The van der Waals surface area contributed by atoms with Gasteiger partial charge in [-0.15, -0.1) is 0 Å². The van der Waals surface area contributed by atoms with E-state index in [-0.39, 0.29) is 0 Å². The van der Waals surface area contributed by atoms with Gasteiger partial charge in [-0.1, -0.05) is 54.1 Å². The SMILES string of the molecule is S=c1[nH]nc(-c2ccc(Cl)cc2)n1N=Cc1cccc2ccccc12. The highest BCUT2D eigenvalue weighted by molar-refractivity contribution is 7.71. The Kier molecular flexibility index (Phi) is 4.17. The maximum absolute atomic E-state index is 5.96. The summed E-state index contributed by atoms with van der Waals surface area (Å²) < 4.78 is 2.04. The molecule has 4 nitrogen and oxygen atoms in total. The van der Waals surface area contributed by atoms with Gasteiger partial charge in [0, 0.05) is 16.1 Å². The summed E-state index contributed by atoms with van der Waals surface area (Å²) in [6.45, 7) is 0. The largest absolute Gasteiger partial charge is 0.250 e. The van der Waals surface area contributed by atoms with Crippen molar-refractivity contribution in [1.29, 1.82) is 0 Å². The van der Waals surface area contributed by atoms with E-state index in [1.807, 2.05) is 48.5 Å². The zero-order chi connectivity index (χ0) is 17.2. The molecule has 25 heavy (non-hydrogen) atoms. The maximum Gasteiger partial charge on any atom is 0.216 e. The van der Waals surface area contributed by atoms with Crippen LogP contribution < -0.4 is 0 Å². The number of nitrogens with zero attached hydrogens (tertiary/aromatic N) is 3. The third-order valence-electron chi connectivity index (χ3n) is 3.89. The van der Waals surface area contributed by atoms with E-state index in [1.54, 1.807) is 10.9 Å². The summed E-state index contributed by atoms with van der Waals surface area (Å²) in [5, 5.41) is 14.6. The molecule has 0 bridgehead atoms. The quantitative estimate of drug-likeness (QED) is 0.396. The fourth-order valence-electron chi connectivity index (χ4n) is 2.67. The predicted octanol–water partition coefficient (Wildman–Crippen LogP) is 5.30. The average Bonchev–Trinajstić information content (AvgIpc) is 3.01. The van der Waals surface area contributed by atoms with Gasteiger partial charge in [-0.05, 0) is 47.3 Å². The number of nitrogens with one attached hydrogen (secondary N) is 1. The molecule has 0 fully saturated rings. The van der Waals surface area contributed by atoms with Crippen LogP contribution in [0.3, 0.4) is 0 Å². The van der Waals surface area contributed by atoms with Gasteiger partial charge in [0.15, 0.2) is 5.82 Å². The molecular formula is C19H13ClN4S. The first-order valence-corrected chi connectivity index (χ1v) is 8.46. The summed E-state index contributed by atoms with van der Waals surface area (Å²) in [7, 11) is 0. The van der Waals surface area contributed by atoms with E-state index in [1.165, 1.54) is 5.39 Å². The zero-order valence-corrected chi connectivity index (χ0v) is 14.6. The van der Waals surface area contributed by atoms with Gasteiger partial charge in [-0.25, -0.2) is 5.10 Å². The normalized spacial score (nSPS) is 11.4. The molecule has 0 amide bonds. The molecule has 1 heterocycles.